The van der Waals surface area contributed by atoms with Crippen LogP contribution in [-0.2, 0) is 0 Å². The van der Waals surface area contributed by atoms with Crippen molar-refractivity contribution in [3.8, 4) is 18.0 Å². The van der Waals surface area contributed by atoms with E-state index in [4.69, 9.17) is 6.42 Å². The number of hydrogen-bond donors (Lipinski definition) is 0. The molecule has 0 saturated heterocycles. The monoisotopic (exact) mass is 310 g/mol. The molecule has 2 aromatic carbocycles. The van der Waals surface area contributed by atoms with E-state index in [-0.39, 0.29) is 5.56 Å². The van der Waals surface area contributed by atoms with Crippen molar-refractivity contribution in [1.82, 2.24) is 9.55 Å². The Labute approximate surface area is 130 Å². The summed E-state index contributed by atoms with van der Waals surface area (Å²) in [5.74, 6) is 2.47. The van der Waals surface area contributed by atoms with Crippen LogP contribution in [-0.4, -0.2) is 15.3 Å². The van der Waals surface area contributed by atoms with Gasteiger partial charge in [0.1, 0.15) is 5.82 Å². The van der Waals surface area contributed by atoms with E-state index < -0.39 is 5.82 Å². The van der Waals surface area contributed by atoms with E-state index in [9.17, 15) is 9.18 Å². The molecular formula is C17H11FN2OS. The second-order valence-corrected chi connectivity index (χ2v) is 5.47. The van der Waals surface area contributed by atoms with E-state index in [2.05, 4.69) is 10.9 Å². The highest BCUT2D eigenvalue weighted by Gasteiger charge is 2.13. The molecule has 3 rings (SSSR count). The number of benzene rings is 2. The maximum Gasteiger partial charge on any atom is 0.266 e. The number of thioether (sulfide) groups is 1. The minimum atomic E-state index is -0.412. The Morgan fingerprint density at radius 2 is 2.05 bits per heavy atom. The molecule has 1 aromatic heterocycles. The predicted molar refractivity (Wildman–Crippen MR) is 86.9 cm³/mol. The first-order valence-electron chi connectivity index (χ1n) is 6.54. The van der Waals surface area contributed by atoms with Crippen LogP contribution >= 0.6 is 11.8 Å². The third kappa shape index (κ3) is 2.61. The number of aromatic nitrogens is 2. The van der Waals surface area contributed by atoms with Gasteiger partial charge in [0.15, 0.2) is 5.16 Å². The smallest absolute Gasteiger partial charge is 0.266 e. The molecule has 0 bridgehead atoms. The molecule has 0 unspecified atom stereocenters. The largest absolute Gasteiger partial charge is 0.268 e. The van der Waals surface area contributed by atoms with Crippen molar-refractivity contribution in [3.05, 3.63) is 64.7 Å². The number of nitrogens with zero attached hydrogens (tertiary/aromatic N) is 2. The number of fused-ring (bicyclic) bond motifs is 1. The average molecular weight is 310 g/mol. The van der Waals surface area contributed by atoms with Crippen LogP contribution in [0.3, 0.4) is 0 Å². The van der Waals surface area contributed by atoms with Gasteiger partial charge in [0.2, 0.25) is 0 Å². The van der Waals surface area contributed by atoms with Crippen molar-refractivity contribution in [2.75, 3.05) is 5.75 Å². The lowest BCUT2D eigenvalue weighted by atomic mass is 10.2. The summed E-state index contributed by atoms with van der Waals surface area (Å²) in [5, 5.41) is 0.934. The number of halogens is 1. The van der Waals surface area contributed by atoms with Crippen LogP contribution in [0.5, 0.6) is 0 Å². The summed E-state index contributed by atoms with van der Waals surface area (Å²) in [7, 11) is 0. The van der Waals surface area contributed by atoms with Gasteiger partial charge in [-0.1, -0.05) is 35.9 Å². The van der Waals surface area contributed by atoms with E-state index in [1.54, 1.807) is 30.3 Å². The topological polar surface area (TPSA) is 34.9 Å². The van der Waals surface area contributed by atoms with E-state index in [1.165, 1.54) is 28.5 Å². The van der Waals surface area contributed by atoms with Gasteiger partial charge in [-0.2, -0.15) is 0 Å². The first-order valence-corrected chi connectivity index (χ1v) is 7.53. The molecule has 0 amide bonds. The number of terminal acetylenes is 1. The molecule has 0 radical (unpaired) electrons. The van der Waals surface area contributed by atoms with Crippen LogP contribution in [0.15, 0.2) is 58.5 Å². The molecule has 0 aliphatic rings. The van der Waals surface area contributed by atoms with Gasteiger partial charge in [-0.25, -0.2) is 9.37 Å². The standard InChI is InChI=1S/C17H11FN2OS/c1-2-10-22-17-19-15-9-4-3-8-14(15)16(21)20(17)13-7-5-6-12(18)11-13/h1,3-9,11H,10H2. The molecule has 0 N–H and O–H groups in total. The maximum absolute atomic E-state index is 13.5. The number of hydrogen-bond acceptors (Lipinski definition) is 3. The van der Waals surface area contributed by atoms with Gasteiger partial charge in [-0.05, 0) is 30.3 Å². The Bertz CT molecular complexity index is 943. The van der Waals surface area contributed by atoms with E-state index in [0.29, 0.717) is 27.5 Å². The highest BCUT2D eigenvalue weighted by atomic mass is 32.2. The summed E-state index contributed by atoms with van der Waals surface area (Å²) < 4.78 is 14.9. The van der Waals surface area contributed by atoms with Crippen LogP contribution in [0.2, 0.25) is 0 Å². The Hall–Kier alpha value is -2.58. The maximum atomic E-state index is 13.5. The minimum absolute atomic E-state index is 0.240. The highest BCUT2D eigenvalue weighted by Crippen LogP contribution is 2.21. The lowest BCUT2D eigenvalue weighted by molar-refractivity contribution is 0.625. The van der Waals surface area contributed by atoms with Crippen molar-refractivity contribution in [2.24, 2.45) is 0 Å². The second-order valence-electron chi connectivity index (χ2n) is 4.52. The fraction of sp³-hybridized carbons (Fsp3) is 0.0588. The fourth-order valence-electron chi connectivity index (χ4n) is 2.16. The summed E-state index contributed by atoms with van der Waals surface area (Å²) >= 11 is 1.27. The Balaban J connectivity index is 2.32. The molecule has 1 heterocycles. The van der Waals surface area contributed by atoms with Gasteiger partial charge < -0.3 is 0 Å². The fourth-order valence-corrected chi connectivity index (χ4v) is 2.85. The first kappa shape index (κ1) is 14.4. The molecule has 0 saturated carbocycles. The van der Waals surface area contributed by atoms with E-state index in [0.717, 1.165) is 0 Å². The highest BCUT2D eigenvalue weighted by molar-refractivity contribution is 7.99. The van der Waals surface area contributed by atoms with Gasteiger partial charge in [-0.15, -0.1) is 6.42 Å². The van der Waals surface area contributed by atoms with Crippen molar-refractivity contribution in [2.45, 2.75) is 5.16 Å². The number of rotatable bonds is 3. The normalized spacial score (nSPS) is 10.5. The van der Waals surface area contributed by atoms with Gasteiger partial charge >= 0.3 is 0 Å². The zero-order valence-electron chi connectivity index (χ0n) is 11.5. The zero-order chi connectivity index (χ0) is 15.5. The molecule has 0 fully saturated rings. The SMILES string of the molecule is C#CCSc1nc2ccccc2c(=O)n1-c1cccc(F)c1. The van der Waals surface area contributed by atoms with Gasteiger partial charge in [-0.3, -0.25) is 9.36 Å². The van der Waals surface area contributed by atoms with E-state index in [1.807, 2.05) is 6.07 Å². The molecule has 3 nitrogen and oxygen atoms in total. The van der Waals surface area contributed by atoms with Gasteiger partial charge in [0, 0.05) is 0 Å². The molecule has 0 spiro atoms. The summed E-state index contributed by atoms with van der Waals surface area (Å²) in [6.07, 6.45) is 5.29. The number of para-hydroxylation sites is 1. The lowest BCUT2D eigenvalue weighted by Crippen LogP contribution is -2.21. The molecule has 5 heteroatoms. The summed E-state index contributed by atoms with van der Waals surface area (Å²) in [6, 6.07) is 12.9. The van der Waals surface area contributed by atoms with Crippen molar-refractivity contribution in [1.29, 1.82) is 0 Å². The molecule has 0 aliphatic carbocycles. The van der Waals surface area contributed by atoms with Crippen LogP contribution in [0.25, 0.3) is 16.6 Å². The van der Waals surface area contributed by atoms with Crippen molar-refractivity contribution in [3.63, 3.8) is 0 Å². The third-order valence-electron chi connectivity index (χ3n) is 3.10. The van der Waals surface area contributed by atoms with Crippen molar-refractivity contribution >= 4 is 22.7 Å². The zero-order valence-corrected chi connectivity index (χ0v) is 12.3. The Morgan fingerprint density at radius 3 is 2.82 bits per heavy atom. The molecule has 22 heavy (non-hydrogen) atoms. The first-order chi connectivity index (χ1) is 10.7. The summed E-state index contributed by atoms with van der Waals surface area (Å²) in [5.41, 5.74) is 0.790. The Kier molecular flexibility index (Phi) is 3.94. The van der Waals surface area contributed by atoms with Crippen molar-refractivity contribution < 1.29 is 4.39 Å². The van der Waals surface area contributed by atoms with Crippen LogP contribution in [0.1, 0.15) is 0 Å². The molecule has 0 atom stereocenters. The molecule has 108 valence electrons. The average Bonchev–Trinajstić information content (AvgIpc) is 2.53. The minimum Gasteiger partial charge on any atom is -0.268 e. The summed E-state index contributed by atoms with van der Waals surface area (Å²) in [6.45, 7) is 0. The summed E-state index contributed by atoms with van der Waals surface area (Å²) in [4.78, 5) is 17.2. The van der Waals surface area contributed by atoms with E-state index >= 15 is 0 Å². The van der Waals surface area contributed by atoms with Crippen LogP contribution in [0, 0.1) is 18.2 Å². The lowest BCUT2D eigenvalue weighted by Gasteiger charge is -2.12. The second kappa shape index (κ2) is 6.04. The van der Waals surface area contributed by atoms with Gasteiger partial charge in [0.05, 0.1) is 22.3 Å². The predicted octanol–water partition coefficient (Wildman–Crippen LogP) is 3.25. The third-order valence-corrected chi connectivity index (χ3v) is 3.94. The van der Waals surface area contributed by atoms with Gasteiger partial charge in [0.25, 0.3) is 5.56 Å². The Morgan fingerprint density at radius 1 is 1.23 bits per heavy atom. The molecule has 3 aromatic rings. The van der Waals surface area contributed by atoms with Crippen LogP contribution in [0.4, 0.5) is 4.39 Å². The molecular weight excluding hydrogens is 299 g/mol. The van der Waals surface area contributed by atoms with Crippen LogP contribution < -0.4 is 5.56 Å². The molecule has 0 aliphatic heterocycles. The quantitative estimate of drug-likeness (QED) is 0.423.